The fourth-order valence-electron chi connectivity index (χ4n) is 3.60. The van der Waals surface area contributed by atoms with Gasteiger partial charge in [-0.25, -0.2) is 4.79 Å². The van der Waals surface area contributed by atoms with Crippen LogP contribution in [0.2, 0.25) is 0 Å². The number of fused-ring (bicyclic) bond motifs is 2. The summed E-state index contributed by atoms with van der Waals surface area (Å²) in [6.45, 7) is 5.01. The zero-order valence-corrected chi connectivity index (χ0v) is 17.2. The van der Waals surface area contributed by atoms with Crippen LogP contribution in [-0.4, -0.2) is 35.9 Å². The van der Waals surface area contributed by atoms with Gasteiger partial charge in [0.05, 0.1) is 0 Å². The van der Waals surface area contributed by atoms with Gasteiger partial charge in [-0.05, 0) is 56.1 Å². The first-order chi connectivity index (χ1) is 14.5. The summed E-state index contributed by atoms with van der Waals surface area (Å²) in [5.74, 6) is 0.562. The van der Waals surface area contributed by atoms with E-state index in [1.165, 1.54) is 10.9 Å². The minimum atomic E-state index is -0.643. The van der Waals surface area contributed by atoms with Gasteiger partial charge in [0.1, 0.15) is 24.0 Å². The van der Waals surface area contributed by atoms with Gasteiger partial charge in [-0.2, -0.15) is 0 Å². The van der Waals surface area contributed by atoms with E-state index >= 15 is 0 Å². The first kappa shape index (κ1) is 20.2. The predicted molar refractivity (Wildman–Crippen MR) is 118 cm³/mol. The Hall–Kier alpha value is -3.09. The molecular weight excluding hydrogens is 380 g/mol. The van der Waals surface area contributed by atoms with Gasteiger partial charge in [0.15, 0.2) is 0 Å². The van der Waals surface area contributed by atoms with E-state index in [0.29, 0.717) is 23.4 Å². The summed E-state index contributed by atoms with van der Waals surface area (Å²) >= 11 is 0. The molecule has 2 aromatic heterocycles. The molecule has 6 heteroatoms. The van der Waals surface area contributed by atoms with Crippen molar-refractivity contribution in [3.8, 4) is 5.75 Å². The molecule has 0 amide bonds. The molecule has 2 aromatic carbocycles. The summed E-state index contributed by atoms with van der Waals surface area (Å²) in [7, 11) is 0. The highest BCUT2D eigenvalue weighted by Crippen LogP contribution is 2.24. The van der Waals surface area contributed by atoms with Crippen LogP contribution in [0.15, 0.2) is 57.9 Å². The van der Waals surface area contributed by atoms with Crippen LogP contribution in [0.5, 0.6) is 5.75 Å². The third kappa shape index (κ3) is 4.25. The summed E-state index contributed by atoms with van der Waals surface area (Å²) in [5.41, 5.74) is 4.07. The van der Waals surface area contributed by atoms with E-state index in [9.17, 15) is 9.90 Å². The van der Waals surface area contributed by atoms with E-state index in [2.05, 4.69) is 22.4 Å². The quantitative estimate of drug-likeness (QED) is 0.308. The standard InChI is InChI=1S/C24H26N2O4/c1-15-16(2)24(28)30-23-11-19(7-8-20(15)23)29-14-18(27)13-25-10-9-17-12-26-22-6-4-3-5-21(17)22/h3-8,11-12,18,25-27H,9-10,13-14H2,1-2H3/t18-/m0/s1. The second-order valence-electron chi connectivity index (χ2n) is 7.58. The molecule has 0 spiro atoms. The van der Waals surface area contributed by atoms with E-state index < -0.39 is 6.10 Å². The molecule has 1 atom stereocenters. The van der Waals surface area contributed by atoms with Gasteiger partial charge < -0.3 is 24.6 Å². The molecule has 0 saturated heterocycles. The monoisotopic (exact) mass is 406 g/mol. The van der Waals surface area contributed by atoms with Gasteiger partial charge in [0.2, 0.25) is 0 Å². The number of aromatic amines is 1. The average molecular weight is 406 g/mol. The Morgan fingerprint density at radius 1 is 1.13 bits per heavy atom. The van der Waals surface area contributed by atoms with Crippen molar-refractivity contribution in [2.75, 3.05) is 19.7 Å². The third-order valence-corrected chi connectivity index (χ3v) is 5.50. The number of H-pyrrole nitrogens is 1. The number of benzene rings is 2. The van der Waals surface area contributed by atoms with Crippen LogP contribution in [0.1, 0.15) is 16.7 Å². The number of nitrogens with one attached hydrogen (secondary N) is 2. The molecule has 0 aliphatic rings. The Kier molecular flexibility index (Phi) is 5.88. The average Bonchev–Trinajstić information content (AvgIpc) is 3.16. The molecule has 4 rings (SSSR count). The Morgan fingerprint density at radius 3 is 2.83 bits per heavy atom. The van der Waals surface area contributed by atoms with Gasteiger partial charge in [0.25, 0.3) is 0 Å². The minimum absolute atomic E-state index is 0.153. The second-order valence-corrected chi connectivity index (χ2v) is 7.58. The van der Waals surface area contributed by atoms with Crippen LogP contribution in [0.25, 0.3) is 21.9 Å². The fourth-order valence-corrected chi connectivity index (χ4v) is 3.60. The van der Waals surface area contributed by atoms with Crippen molar-refractivity contribution in [2.24, 2.45) is 0 Å². The maximum absolute atomic E-state index is 11.9. The highest BCUT2D eigenvalue weighted by Gasteiger charge is 2.10. The lowest BCUT2D eigenvalue weighted by atomic mass is 10.1. The first-order valence-electron chi connectivity index (χ1n) is 10.1. The SMILES string of the molecule is Cc1c(C)c2ccc(OC[C@@H](O)CNCCc3c[nH]c4ccccc34)cc2oc1=O. The van der Waals surface area contributed by atoms with Crippen LogP contribution < -0.4 is 15.7 Å². The number of aryl methyl sites for hydroxylation is 1. The predicted octanol–water partition coefficient (Wildman–Crippen LogP) is 3.46. The number of rotatable bonds is 8. The van der Waals surface area contributed by atoms with Crippen molar-refractivity contribution in [3.63, 3.8) is 0 Å². The van der Waals surface area contributed by atoms with Crippen molar-refractivity contribution < 1.29 is 14.3 Å². The zero-order valence-electron chi connectivity index (χ0n) is 17.2. The smallest absolute Gasteiger partial charge is 0.339 e. The number of hydrogen-bond acceptors (Lipinski definition) is 5. The van der Waals surface area contributed by atoms with Crippen LogP contribution in [0.3, 0.4) is 0 Å². The molecule has 2 heterocycles. The lowest BCUT2D eigenvalue weighted by Crippen LogP contribution is -2.32. The van der Waals surface area contributed by atoms with Gasteiger partial charge in [-0.3, -0.25) is 0 Å². The van der Waals surface area contributed by atoms with E-state index in [1.54, 1.807) is 13.0 Å². The zero-order chi connectivity index (χ0) is 21.1. The van der Waals surface area contributed by atoms with Crippen molar-refractivity contribution in [2.45, 2.75) is 26.4 Å². The molecule has 0 saturated carbocycles. The number of hydrogen-bond donors (Lipinski definition) is 3. The molecule has 0 aliphatic carbocycles. The van der Waals surface area contributed by atoms with Crippen LogP contribution in [0, 0.1) is 13.8 Å². The van der Waals surface area contributed by atoms with Crippen molar-refractivity contribution in [1.82, 2.24) is 10.3 Å². The number of aliphatic hydroxyl groups is 1. The highest BCUT2D eigenvalue weighted by atomic mass is 16.5. The Balaban J connectivity index is 1.27. The maximum atomic E-state index is 11.9. The van der Waals surface area contributed by atoms with Gasteiger partial charge in [-0.1, -0.05) is 18.2 Å². The molecule has 0 bridgehead atoms. The summed E-state index contributed by atoms with van der Waals surface area (Å²) in [6, 6.07) is 13.6. The Bertz CT molecular complexity index is 1230. The van der Waals surface area contributed by atoms with E-state index in [0.717, 1.165) is 29.4 Å². The molecule has 30 heavy (non-hydrogen) atoms. The van der Waals surface area contributed by atoms with E-state index in [-0.39, 0.29) is 12.2 Å². The van der Waals surface area contributed by atoms with E-state index in [1.807, 2.05) is 37.4 Å². The summed E-state index contributed by atoms with van der Waals surface area (Å²) < 4.78 is 11.0. The number of para-hydroxylation sites is 1. The first-order valence-corrected chi connectivity index (χ1v) is 10.1. The van der Waals surface area contributed by atoms with Crippen LogP contribution in [0.4, 0.5) is 0 Å². The number of ether oxygens (including phenoxy) is 1. The molecular formula is C24H26N2O4. The topological polar surface area (TPSA) is 87.5 Å². The summed E-state index contributed by atoms with van der Waals surface area (Å²) in [6.07, 6.45) is 2.27. The molecule has 0 radical (unpaired) electrons. The van der Waals surface area contributed by atoms with Crippen LogP contribution >= 0.6 is 0 Å². The van der Waals surface area contributed by atoms with Gasteiger partial charge in [0, 0.05) is 40.7 Å². The summed E-state index contributed by atoms with van der Waals surface area (Å²) in [4.78, 5) is 15.2. The number of aliphatic hydroxyl groups excluding tert-OH is 1. The van der Waals surface area contributed by atoms with Crippen molar-refractivity contribution in [1.29, 1.82) is 0 Å². The van der Waals surface area contributed by atoms with E-state index in [4.69, 9.17) is 9.15 Å². The second kappa shape index (κ2) is 8.73. The molecule has 3 N–H and O–H groups in total. The number of aromatic nitrogens is 1. The molecule has 0 fully saturated rings. The highest BCUT2D eigenvalue weighted by molar-refractivity contribution is 5.83. The lowest BCUT2D eigenvalue weighted by Gasteiger charge is -2.14. The normalized spacial score (nSPS) is 12.5. The minimum Gasteiger partial charge on any atom is -0.491 e. The van der Waals surface area contributed by atoms with Gasteiger partial charge >= 0.3 is 5.63 Å². The van der Waals surface area contributed by atoms with Crippen molar-refractivity contribution in [3.05, 3.63) is 75.8 Å². The van der Waals surface area contributed by atoms with Gasteiger partial charge in [-0.15, -0.1) is 0 Å². The van der Waals surface area contributed by atoms with Crippen LogP contribution in [-0.2, 0) is 6.42 Å². The molecule has 4 aromatic rings. The molecule has 0 aliphatic heterocycles. The Morgan fingerprint density at radius 2 is 1.97 bits per heavy atom. The molecule has 156 valence electrons. The largest absolute Gasteiger partial charge is 0.491 e. The lowest BCUT2D eigenvalue weighted by molar-refractivity contribution is 0.106. The summed E-state index contributed by atoms with van der Waals surface area (Å²) in [5, 5.41) is 15.6. The maximum Gasteiger partial charge on any atom is 0.339 e. The van der Waals surface area contributed by atoms with Crippen molar-refractivity contribution >= 4 is 21.9 Å². The Labute approximate surface area is 174 Å². The molecule has 6 nitrogen and oxygen atoms in total. The third-order valence-electron chi connectivity index (χ3n) is 5.50. The molecule has 0 unspecified atom stereocenters. The fraction of sp³-hybridized carbons (Fsp3) is 0.292.